The third-order valence-corrected chi connectivity index (χ3v) is 6.19. The summed E-state index contributed by atoms with van der Waals surface area (Å²) in [6.45, 7) is 1.70. The molecule has 1 atom stereocenters. The van der Waals surface area contributed by atoms with Gasteiger partial charge in [0.2, 0.25) is 9.84 Å². The van der Waals surface area contributed by atoms with Crippen molar-refractivity contribution >= 4 is 20.7 Å². The Morgan fingerprint density at radius 2 is 1.83 bits per heavy atom. The minimum absolute atomic E-state index is 0.141. The number of sulfone groups is 1. The standard InChI is InChI=1S/C18H19N3O2S/c22-24(23,15-8-2-1-3-9-15)18-16-10-4-5-11-17(16)21(20-18)13-14-7-6-12-19-14/h1-5,8-11,14,19H,6-7,12-13H2/t14-/m0/s1. The Morgan fingerprint density at radius 3 is 2.58 bits per heavy atom. The van der Waals surface area contributed by atoms with Crippen LogP contribution in [0.2, 0.25) is 0 Å². The van der Waals surface area contributed by atoms with Crippen molar-refractivity contribution in [3.63, 3.8) is 0 Å². The zero-order valence-corrected chi connectivity index (χ0v) is 14.0. The van der Waals surface area contributed by atoms with E-state index in [9.17, 15) is 8.42 Å². The van der Waals surface area contributed by atoms with Gasteiger partial charge >= 0.3 is 0 Å². The molecule has 0 saturated carbocycles. The molecule has 1 aliphatic rings. The highest BCUT2D eigenvalue weighted by Crippen LogP contribution is 2.28. The van der Waals surface area contributed by atoms with E-state index in [0.717, 1.165) is 24.9 Å². The van der Waals surface area contributed by atoms with Gasteiger partial charge in [0, 0.05) is 11.4 Å². The summed E-state index contributed by atoms with van der Waals surface area (Å²) in [5, 5.41) is 8.75. The van der Waals surface area contributed by atoms with Gasteiger partial charge in [-0.25, -0.2) is 8.42 Å². The van der Waals surface area contributed by atoms with Gasteiger partial charge in [-0.05, 0) is 43.7 Å². The summed E-state index contributed by atoms with van der Waals surface area (Å²) in [6.07, 6.45) is 2.24. The molecule has 0 bridgehead atoms. The Morgan fingerprint density at radius 1 is 1.08 bits per heavy atom. The van der Waals surface area contributed by atoms with Gasteiger partial charge in [-0.2, -0.15) is 5.10 Å². The monoisotopic (exact) mass is 341 g/mol. The molecular formula is C18H19N3O2S. The second-order valence-electron chi connectivity index (χ2n) is 6.11. The minimum atomic E-state index is -3.63. The number of hydrogen-bond donors (Lipinski definition) is 1. The molecule has 0 radical (unpaired) electrons. The van der Waals surface area contributed by atoms with E-state index in [1.165, 1.54) is 0 Å². The molecular weight excluding hydrogens is 322 g/mol. The topological polar surface area (TPSA) is 64.0 Å². The summed E-state index contributed by atoms with van der Waals surface area (Å²) >= 11 is 0. The first-order valence-corrected chi connectivity index (χ1v) is 9.63. The quantitative estimate of drug-likeness (QED) is 0.792. The van der Waals surface area contributed by atoms with E-state index in [1.54, 1.807) is 24.3 Å². The maximum atomic E-state index is 13.0. The molecule has 6 heteroatoms. The van der Waals surface area contributed by atoms with Crippen molar-refractivity contribution in [1.29, 1.82) is 0 Å². The van der Waals surface area contributed by atoms with E-state index in [0.29, 0.717) is 18.0 Å². The number of para-hydroxylation sites is 1. The zero-order valence-electron chi connectivity index (χ0n) is 13.2. The first-order chi connectivity index (χ1) is 11.7. The lowest BCUT2D eigenvalue weighted by Gasteiger charge is -2.10. The SMILES string of the molecule is O=S(=O)(c1ccccc1)c1nn(C[C@@H]2CCCN2)c2ccccc12. The van der Waals surface area contributed by atoms with Crippen molar-refractivity contribution in [3.05, 3.63) is 54.6 Å². The van der Waals surface area contributed by atoms with E-state index in [4.69, 9.17) is 0 Å². The minimum Gasteiger partial charge on any atom is -0.312 e. The predicted molar refractivity (Wildman–Crippen MR) is 92.7 cm³/mol. The molecule has 1 fully saturated rings. The van der Waals surface area contributed by atoms with Crippen LogP contribution in [-0.2, 0) is 16.4 Å². The molecule has 3 aromatic rings. The van der Waals surface area contributed by atoms with E-state index in [2.05, 4.69) is 10.4 Å². The van der Waals surface area contributed by atoms with Gasteiger partial charge in [-0.1, -0.05) is 30.3 Å². The van der Waals surface area contributed by atoms with Crippen LogP contribution in [0.4, 0.5) is 0 Å². The van der Waals surface area contributed by atoms with Gasteiger partial charge < -0.3 is 5.32 Å². The lowest BCUT2D eigenvalue weighted by Crippen LogP contribution is -2.27. The van der Waals surface area contributed by atoms with Crippen molar-refractivity contribution in [1.82, 2.24) is 15.1 Å². The Labute approximate surface area is 141 Å². The molecule has 5 nitrogen and oxygen atoms in total. The normalized spacial score (nSPS) is 18.2. The Kier molecular flexibility index (Phi) is 3.86. The molecule has 0 unspecified atom stereocenters. The zero-order chi connectivity index (χ0) is 16.6. The molecule has 0 amide bonds. The first kappa shape index (κ1) is 15.4. The van der Waals surface area contributed by atoms with Gasteiger partial charge in [-0.3, -0.25) is 4.68 Å². The number of nitrogens with one attached hydrogen (secondary N) is 1. The summed E-state index contributed by atoms with van der Waals surface area (Å²) in [7, 11) is -3.63. The Bertz CT molecular complexity index is 958. The Hall–Kier alpha value is -2.18. The van der Waals surface area contributed by atoms with Gasteiger partial charge in [0.25, 0.3) is 0 Å². The van der Waals surface area contributed by atoms with Crippen LogP contribution < -0.4 is 5.32 Å². The number of nitrogens with zero attached hydrogens (tertiary/aromatic N) is 2. The van der Waals surface area contributed by atoms with E-state index < -0.39 is 9.84 Å². The van der Waals surface area contributed by atoms with Gasteiger partial charge in [0.15, 0.2) is 5.03 Å². The fourth-order valence-corrected chi connectivity index (χ4v) is 4.67. The highest BCUT2D eigenvalue weighted by molar-refractivity contribution is 7.91. The number of rotatable bonds is 4. The first-order valence-electron chi connectivity index (χ1n) is 8.15. The average molecular weight is 341 g/mol. The molecule has 0 aliphatic carbocycles. The molecule has 24 heavy (non-hydrogen) atoms. The molecule has 124 valence electrons. The van der Waals surface area contributed by atoms with E-state index in [1.807, 2.05) is 35.0 Å². The largest absolute Gasteiger partial charge is 0.312 e. The van der Waals surface area contributed by atoms with E-state index >= 15 is 0 Å². The van der Waals surface area contributed by atoms with Crippen LogP contribution in [-0.4, -0.2) is 30.8 Å². The smallest absolute Gasteiger partial charge is 0.226 e. The summed E-state index contributed by atoms with van der Waals surface area (Å²) in [5.41, 5.74) is 0.862. The lowest BCUT2D eigenvalue weighted by molar-refractivity contribution is 0.478. The molecule has 1 aromatic heterocycles. The van der Waals surface area contributed by atoms with Crippen LogP contribution in [0, 0.1) is 0 Å². The average Bonchev–Trinajstić information content (AvgIpc) is 3.25. The van der Waals surface area contributed by atoms with Crippen molar-refractivity contribution in [2.45, 2.75) is 35.3 Å². The highest BCUT2D eigenvalue weighted by Gasteiger charge is 2.26. The highest BCUT2D eigenvalue weighted by atomic mass is 32.2. The van der Waals surface area contributed by atoms with Gasteiger partial charge in [-0.15, -0.1) is 0 Å². The van der Waals surface area contributed by atoms with Gasteiger partial charge in [0.1, 0.15) is 0 Å². The summed E-state index contributed by atoms with van der Waals surface area (Å²) in [5.74, 6) is 0. The van der Waals surface area contributed by atoms with Crippen molar-refractivity contribution < 1.29 is 8.42 Å². The number of benzene rings is 2. The molecule has 2 heterocycles. The van der Waals surface area contributed by atoms with Crippen LogP contribution in [0.1, 0.15) is 12.8 Å². The Balaban J connectivity index is 1.84. The third-order valence-electron chi connectivity index (χ3n) is 4.49. The van der Waals surface area contributed by atoms with Crippen molar-refractivity contribution in [3.8, 4) is 0 Å². The molecule has 2 aromatic carbocycles. The maximum absolute atomic E-state index is 13.0. The molecule has 1 aliphatic heterocycles. The molecule has 4 rings (SSSR count). The molecule has 0 spiro atoms. The third kappa shape index (κ3) is 2.61. The lowest BCUT2D eigenvalue weighted by atomic mass is 10.2. The second-order valence-corrected chi connectivity index (χ2v) is 7.98. The predicted octanol–water partition coefficient (Wildman–Crippen LogP) is 2.62. The number of hydrogen-bond acceptors (Lipinski definition) is 4. The van der Waals surface area contributed by atoms with Crippen LogP contribution in [0.25, 0.3) is 10.9 Å². The van der Waals surface area contributed by atoms with Crippen molar-refractivity contribution in [2.24, 2.45) is 0 Å². The van der Waals surface area contributed by atoms with Crippen LogP contribution in [0.15, 0.2) is 64.5 Å². The molecule has 1 saturated heterocycles. The van der Waals surface area contributed by atoms with Crippen molar-refractivity contribution in [2.75, 3.05) is 6.54 Å². The summed E-state index contributed by atoms with van der Waals surface area (Å²) in [6, 6.07) is 16.4. The van der Waals surface area contributed by atoms with Gasteiger partial charge in [0.05, 0.1) is 17.0 Å². The molecule has 1 N–H and O–H groups in total. The fourth-order valence-electron chi connectivity index (χ4n) is 3.27. The second kappa shape index (κ2) is 6.03. The van der Waals surface area contributed by atoms with E-state index in [-0.39, 0.29) is 9.92 Å². The number of fused-ring (bicyclic) bond motifs is 1. The summed E-state index contributed by atoms with van der Waals surface area (Å²) in [4.78, 5) is 0.277. The van der Waals surface area contributed by atoms with Crippen LogP contribution >= 0.6 is 0 Å². The fraction of sp³-hybridized carbons (Fsp3) is 0.278. The van der Waals surface area contributed by atoms with Crippen LogP contribution in [0.3, 0.4) is 0 Å². The summed E-state index contributed by atoms with van der Waals surface area (Å²) < 4.78 is 27.8. The number of aromatic nitrogens is 2. The van der Waals surface area contributed by atoms with Crippen LogP contribution in [0.5, 0.6) is 0 Å². The maximum Gasteiger partial charge on any atom is 0.226 e.